The van der Waals surface area contributed by atoms with Crippen LogP contribution in [0.15, 0.2) is 48.5 Å². The van der Waals surface area contributed by atoms with Crippen LogP contribution in [-0.4, -0.2) is 12.1 Å². The van der Waals surface area contributed by atoms with Crippen molar-refractivity contribution < 1.29 is 18.4 Å². The average molecular weight is 573 g/mol. The summed E-state index contributed by atoms with van der Waals surface area (Å²) in [7, 11) is -4.01. The zero-order valence-corrected chi connectivity index (χ0v) is 26.6. The molecule has 224 valence electrons. The molecule has 40 heavy (non-hydrogen) atoms. The van der Waals surface area contributed by atoms with E-state index in [1.807, 2.05) is 31.2 Å². The molecule has 2 amide bonds. The lowest BCUT2D eigenvalue weighted by atomic mass is 9.93. The van der Waals surface area contributed by atoms with Gasteiger partial charge < -0.3 is 9.84 Å². The van der Waals surface area contributed by atoms with Gasteiger partial charge in [-0.05, 0) is 48.4 Å². The van der Waals surface area contributed by atoms with Gasteiger partial charge in [0.2, 0.25) is 0 Å². The third-order valence-corrected chi connectivity index (χ3v) is 8.67. The van der Waals surface area contributed by atoms with Gasteiger partial charge in [0.25, 0.3) is 0 Å². The minimum Gasteiger partial charge on any atom is -0.409 e. The van der Waals surface area contributed by atoms with Crippen molar-refractivity contribution in [3.63, 3.8) is 0 Å². The summed E-state index contributed by atoms with van der Waals surface area (Å²) in [5.74, 6) is 0.792. The second-order valence-corrected chi connectivity index (χ2v) is 13.1. The number of hydrogen-bond acceptors (Lipinski definition) is 4. The van der Waals surface area contributed by atoms with Crippen molar-refractivity contribution >= 4 is 19.5 Å². The van der Waals surface area contributed by atoms with Crippen LogP contribution < -0.4 is 14.9 Å². The lowest BCUT2D eigenvalue weighted by molar-refractivity contribution is 0.175. The van der Waals surface area contributed by atoms with E-state index in [2.05, 4.69) is 45.0 Å². The van der Waals surface area contributed by atoms with Gasteiger partial charge in [-0.1, -0.05) is 135 Å². The van der Waals surface area contributed by atoms with Crippen LogP contribution in [0.2, 0.25) is 0 Å². The molecule has 2 unspecified atom stereocenters. The smallest absolute Gasteiger partial charge is 0.409 e. The summed E-state index contributed by atoms with van der Waals surface area (Å²) in [4.78, 5) is 13.2. The summed E-state index contributed by atoms with van der Waals surface area (Å²) in [6, 6.07) is 14.3. The predicted octanol–water partition coefficient (Wildman–Crippen LogP) is 11.0. The monoisotopic (exact) mass is 572 g/mol. The molecule has 2 aromatic carbocycles. The molecule has 0 aliphatic carbocycles. The predicted molar refractivity (Wildman–Crippen MR) is 168 cm³/mol. The van der Waals surface area contributed by atoms with Crippen molar-refractivity contribution in [3.05, 3.63) is 59.7 Å². The third kappa shape index (κ3) is 12.5. The first kappa shape index (κ1) is 33.9. The minimum absolute atomic E-state index is 0.207. The second-order valence-electron chi connectivity index (χ2n) is 11.5. The molecule has 0 spiro atoms. The molecule has 0 aliphatic heterocycles. The van der Waals surface area contributed by atoms with Crippen molar-refractivity contribution in [2.24, 2.45) is 0 Å². The van der Waals surface area contributed by atoms with Gasteiger partial charge in [-0.25, -0.2) is 14.4 Å². The minimum atomic E-state index is -4.01. The fraction of sp³-hybridized carbons (Fsp3) is 0.606. The highest BCUT2D eigenvalue weighted by Crippen LogP contribution is 2.46. The van der Waals surface area contributed by atoms with Crippen LogP contribution in [-0.2, 0) is 9.09 Å². The van der Waals surface area contributed by atoms with Crippen LogP contribution in [0.25, 0.3) is 0 Å². The number of nitrogens with one attached hydrogen (secondary N) is 2. The van der Waals surface area contributed by atoms with Gasteiger partial charge >= 0.3 is 13.8 Å². The first-order valence-electron chi connectivity index (χ1n) is 15.4. The highest BCUT2D eigenvalue weighted by molar-refractivity contribution is 7.52. The van der Waals surface area contributed by atoms with E-state index in [-0.39, 0.29) is 17.9 Å². The molecular formula is C33H53N2O4P. The van der Waals surface area contributed by atoms with Crippen LogP contribution >= 0.6 is 7.75 Å². The van der Waals surface area contributed by atoms with E-state index in [0.29, 0.717) is 5.75 Å². The standard InChI is InChI=1S/C33H53N2O4P/c1-7-8-9-10-11-12-13-14-15-17-21-28(6)38-40(37,39-29-22-18-16-19-23-29)35-33(36)34-32-30(26(2)3)24-20-25-31(32)27(4)5/h16,18-20,22-28H,7-15,17,21H2,1-6H3,(H2,34,35,36,37). The largest absolute Gasteiger partial charge is 0.490 e. The Morgan fingerprint density at radius 2 is 1.27 bits per heavy atom. The van der Waals surface area contributed by atoms with Crippen molar-refractivity contribution in [1.82, 2.24) is 5.09 Å². The maximum Gasteiger partial charge on any atom is 0.490 e. The number of para-hydroxylation sites is 2. The summed E-state index contributed by atoms with van der Waals surface area (Å²) in [5, 5.41) is 5.52. The Kier molecular flexibility index (Phi) is 15.4. The molecule has 2 atom stereocenters. The number of carbonyl (C=O) groups is 1. The summed E-state index contributed by atoms with van der Waals surface area (Å²) in [6.45, 7) is 12.5. The SMILES string of the molecule is CCCCCCCCCCCCC(C)OP(=O)(NC(=O)Nc1c(C(C)C)cccc1C(C)C)Oc1ccccc1. The average Bonchev–Trinajstić information content (AvgIpc) is 2.89. The quantitative estimate of drug-likeness (QED) is 0.130. The Balaban J connectivity index is 1.99. The van der Waals surface area contributed by atoms with Crippen molar-refractivity contribution in [2.75, 3.05) is 5.32 Å². The fourth-order valence-electron chi connectivity index (χ4n) is 4.86. The maximum atomic E-state index is 13.9. The van der Waals surface area contributed by atoms with Gasteiger partial charge in [0.15, 0.2) is 0 Å². The van der Waals surface area contributed by atoms with E-state index in [9.17, 15) is 9.36 Å². The maximum absolute atomic E-state index is 13.9. The molecule has 0 radical (unpaired) electrons. The third-order valence-electron chi connectivity index (χ3n) is 7.10. The number of urea groups is 1. The molecule has 0 bridgehead atoms. The highest BCUT2D eigenvalue weighted by atomic mass is 31.2. The van der Waals surface area contributed by atoms with Crippen molar-refractivity contribution in [1.29, 1.82) is 0 Å². The topological polar surface area (TPSA) is 76.7 Å². The molecule has 0 heterocycles. The van der Waals surface area contributed by atoms with E-state index in [1.54, 1.807) is 24.3 Å². The normalized spacial score (nSPS) is 13.7. The van der Waals surface area contributed by atoms with Crippen LogP contribution in [0.4, 0.5) is 10.5 Å². The Labute approximate surface area is 243 Å². The van der Waals surface area contributed by atoms with Crippen molar-refractivity contribution in [2.45, 2.75) is 130 Å². The number of carbonyl (C=O) groups excluding carboxylic acids is 1. The Morgan fingerprint density at radius 1 is 0.750 bits per heavy atom. The fourth-order valence-corrected chi connectivity index (χ4v) is 6.29. The van der Waals surface area contributed by atoms with Crippen LogP contribution in [0.3, 0.4) is 0 Å². The lowest BCUT2D eigenvalue weighted by Crippen LogP contribution is -2.31. The Bertz CT molecular complexity index is 1020. The molecule has 6 nitrogen and oxygen atoms in total. The zero-order valence-electron chi connectivity index (χ0n) is 25.7. The second kappa shape index (κ2) is 18.2. The molecule has 0 fully saturated rings. The molecule has 2 N–H and O–H groups in total. The van der Waals surface area contributed by atoms with E-state index in [1.165, 1.54) is 51.4 Å². The molecular weight excluding hydrogens is 519 g/mol. The van der Waals surface area contributed by atoms with Gasteiger partial charge in [0.1, 0.15) is 5.75 Å². The Morgan fingerprint density at radius 3 is 1.80 bits per heavy atom. The molecule has 2 rings (SSSR count). The van der Waals surface area contributed by atoms with E-state index in [4.69, 9.17) is 9.05 Å². The number of benzene rings is 2. The molecule has 2 aromatic rings. The zero-order chi connectivity index (χ0) is 29.4. The first-order chi connectivity index (χ1) is 19.1. The van der Waals surface area contributed by atoms with E-state index < -0.39 is 13.8 Å². The molecule has 0 saturated heterocycles. The molecule has 0 aromatic heterocycles. The van der Waals surface area contributed by atoms with Gasteiger partial charge in [0.05, 0.1) is 6.10 Å². The van der Waals surface area contributed by atoms with E-state index in [0.717, 1.165) is 36.1 Å². The van der Waals surface area contributed by atoms with Crippen LogP contribution in [0.5, 0.6) is 5.75 Å². The first-order valence-corrected chi connectivity index (χ1v) is 16.9. The van der Waals surface area contributed by atoms with Crippen LogP contribution in [0, 0.1) is 0 Å². The molecule has 7 heteroatoms. The lowest BCUT2D eigenvalue weighted by Gasteiger charge is -2.25. The van der Waals surface area contributed by atoms with E-state index >= 15 is 0 Å². The molecule has 0 aliphatic rings. The number of hydrogen-bond donors (Lipinski definition) is 2. The number of amides is 2. The summed E-state index contributed by atoms with van der Waals surface area (Å²) >= 11 is 0. The van der Waals surface area contributed by atoms with Crippen molar-refractivity contribution in [3.8, 4) is 5.75 Å². The van der Waals surface area contributed by atoms with Gasteiger partial charge in [-0.2, -0.15) is 0 Å². The summed E-state index contributed by atoms with van der Waals surface area (Å²) in [6.07, 6.45) is 12.9. The van der Waals surface area contributed by atoms with Gasteiger partial charge in [-0.15, -0.1) is 0 Å². The summed E-state index contributed by atoms with van der Waals surface area (Å²) < 4.78 is 25.6. The summed E-state index contributed by atoms with van der Waals surface area (Å²) in [5.41, 5.74) is 2.79. The van der Waals surface area contributed by atoms with Crippen LogP contribution in [0.1, 0.15) is 135 Å². The Hall–Kier alpha value is -2.30. The molecule has 0 saturated carbocycles. The highest BCUT2D eigenvalue weighted by Gasteiger charge is 2.32. The van der Waals surface area contributed by atoms with Gasteiger partial charge in [-0.3, -0.25) is 4.52 Å². The number of rotatable bonds is 19. The number of unbranched alkanes of at least 4 members (excludes halogenated alkanes) is 9. The van der Waals surface area contributed by atoms with Gasteiger partial charge in [0, 0.05) is 5.69 Å². The number of anilines is 1.